The molecule has 7 heteroatoms. The van der Waals surface area contributed by atoms with Crippen LogP contribution in [-0.4, -0.2) is 19.0 Å². The highest BCUT2D eigenvalue weighted by Gasteiger charge is 2.22. The average molecular weight is 327 g/mol. The number of halogens is 2. The molecule has 5 nitrogen and oxygen atoms in total. The van der Waals surface area contributed by atoms with Gasteiger partial charge in [-0.3, -0.25) is 10.1 Å². The number of nitro groups is 1. The fourth-order valence-electron chi connectivity index (χ4n) is 1.75. The Labute approximate surface area is 131 Å². The van der Waals surface area contributed by atoms with Gasteiger partial charge in [-0.15, -0.1) is 0 Å². The molecule has 110 valence electrons. The van der Waals surface area contributed by atoms with Crippen molar-refractivity contribution >= 4 is 34.6 Å². The van der Waals surface area contributed by atoms with Crippen LogP contribution in [0.3, 0.4) is 0 Å². The Hall–Kier alpha value is -1.98. The molecule has 0 atom stereocenters. The van der Waals surface area contributed by atoms with Crippen LogP contribution in [0, 0.1) is 10.1 Å². The van der Waals surface area contributed by atoms with Gasteiger partial charge in [0.15, 0.2) is 10.8 Å². The van der Waals surface area contributed by atoms with Gasteiger partial charge in [0, 0.05) is 25.2 Å². The fourth-order valence-corrected chi connectivity index (χ4v) is 2.14. The van der Waals surface area contributed by atoms with Crippen molar-refractivity contribution in [3.05, 3.63) is 56.6 Å². The largest absolute Gasteiger partial charge is 0.453 e. The number of anilines is 1. The van der Waals surface area contributed by atoms with Crippen LogP contribution in [0.25, 0.3) is 0 Å². The van der Waals surface area contributed by atoms with Gasteiger partial charge in [0.25, 0.3) is 5.69 Å². The standard InChI is InChI=1S/C14H12Cl2N2O3/c1-17(2)12-8-7-11(18(19)20)13(16)14(12)21-10-5-3-9(15)4-6-10/h3-8H,1-2H3. The molecule has 0 N–H and O–H groups in total. The van der Waals surface area contributed by atoms with Crippen LogP contribution in [-0.2, 0) is 0 Å². The van der Waals surface area contributed by atoms with Crippen LogP contribution in [0.5, 0.6) is 11.5 Å². The van der Waals surface area contributed by atoms with Gasteiger partial charge >= 0.3 is 0 Å². The second-order valence-corrected chi connectivity index (χ2v) is 5.27. The van der Waals surface area contributed by atoms with E-state index in [0.29, 0.717) is 16.5 Å². The average Bonchev–Trinajstić information content (AvgIpc) is 2.42. The number of benzene rings is 2. The lowest BCUT2D eigenvalue weighted by Gasteiger charge is -2.18. The first-order chi connectivity index (χ1) is 9.90. The van der Waals surface area contributed by atoms with Gasteiger partial charge in [-0.05, 0) is 30.3 Å². The number of rotatable bonds is 4. The summed E-state index contributed by atoms with van der Waals surface area (Å²) in [6.07, 6.45) is 0. The summed E-state index contributed by atoms with van der Waals surface area (Å²) in [5.74, 6) is 0.725. The Morgan fingerprint density at radius 3 is 2.24 bits per heavy atom. The predicted molar refractivity (Wildman–Crippen MR) is 84.0 cm³/mol. The molecule has 0 aromatic heterocycles. The zero-order chi connectivity index (χ0) is 15.6. The zero-order valence-corrected chi connectivity index (χ0v) is 12.9. The third-order valence-electron chi connectivity index (χ3n) is 2.77. The zero-order valence-electron chi connectivity index (χ0n) is 11.3. The first kappa shape index (κ1) is 15.4. The molecule has 0 saturated heterocycles. The molecule has 0 aliphatic heterocycles. The Balaban J connectivity index is 2.50. The summed E-state index contributed by atoms with van der Waals surface area (Å²) in [5.41, 5.74) is 0.437. The lowest BCUT2D eigenvalue weighted by molar-refractivity contribution is -0.384. The molecule has 0 aliphatic rings. The quantitative estimate of drug-likeness (QED) is 0.600. The normalized spacial score (nSPS) is 10.3. The van der Waals surface area contributed by atoms with Gasteiger partial charge < -0.3 is 9.64 Å². The maximum Gasteiger partial charge on any atom is 0.291 e. The van der Waals surface area contributed by atoms with E-state index in [1.165, 1.54) is 6.07 Å². The second-order valence-electron chi connectivity index (χ2n) is 4.45. The highest BCUT2D eigenvalue weighted by atomic mass is 35.5. The van der Waals surface area contributed by atoms with Crippen LogP contribution >= 0.6 is 23.2 Å². The molecule has 2 aromatic carbocycles. The third-order valence-corrected chi connectivity index (χ3v) is 3.39. The SMILES string of the molecule is CN(C)c1ccc([N+](=O)[O-])c(Cl)c1Oc1ccc(Cl)cc1. The summed E-state index contributed by atoms with van der Waals surface area (Å²) in [4.78, 5) is 12.2. The van der Waals surface area contributed by atoms with Gasteiger partial charge in [0.05, 0.1) is 10.6 Å². The van der Waals surface area contributed by atoms with Crippen molar-refractivity contribution in [1.29, 1.82) is 0 Å². The molecule has 0 heterocycles. The van der Waals surface area contributed by atoms with Crippen LogP contribution in [0.2, 0.25) is 10.0 Å². The van der Waals surface area contributed by atoms with E-state index >= 15 is 0 Å². The van der Waals surface area contributed by atoms with Crippen LogP contribution < -0.4 is 9.64 Å². The van der Waals surface area contributed by atoms with Crippen molar-refractivity contribution in [3.63, 3.8) is 0 Å². The van der Waals surface area contributed by atoms with Crippen molar-refractivity contribution in [1.82, 2.24) is 0 Å². The maximum atomic E-state index is 11.0. The van der Waals surface area contributed by atoms with Gasteiger partial charge in [-0.1, -0.05) is 23.2 Å². The highest BCUT2D eigenvalue weighted by Crippen LogP contribution is 2.43. The van der Waals surface area contributed by atoms with E-state index in [1.54, 1.807) is 49.3 Å². The van der Waals surface area contributed by atoms with Gasteiger partial charge in [-0.2, -0.15) is 0 Å². The van der Waals surface area contributed by atoms with E-state index in [9.17, 15) is 10.1 Å². The monoisotopic (exact) mass is 326 g/mol. The molecule has 0 bridgehead atoms. The summed E-state index contributed by atoms with van der Waals surface area (Å²) in [5, 5.41) is 11.5. The maximum absolute atomic E-state index is 11.0. The van der Waals surface area contributed by atoms with Crippen LogP contribution in [0.1, 0.15) is 0 Å². The summed E-state index contributed by atoms with van der Waals surface area (Å²) < 4.78 is 5.71. The minimum atomic E-state index is -0.545. The van der Waals surface area contributed by atoms with E-state index in [4.69, 9.17) is 27.9 Å². The lowest BCUT2D eigenvalue weighted by atomic mass is 10.2. The topological polar surface area (TPSA) is 55.6 Å². The number of hydrogen-bond donors (Lipinski definition) is 0. The molecule has 0 saturated carbocycles. The number of hydrogen-bond acceptors (Lipinski definition) is 4. The van der Waals surface area contributed by atoms with Crippen molar-refractivity contribution < 1.29 is 9.66 Å². The molecular weight excluding hydrogens is 315 g/mol. The van der Waals surface area contributed by atoms with Crippen LogP contribution in [0.4, 0.5) is 11.4 Å². The van der Waals surface area contributed by atoms with Gasteiger partial charge in [0.2, 0.25) is 0 Å². The summed E-state index contributed by atoms with van der Waals surface area (Å²) in [6, 6.07) is 9.60. The van der Waals surface area contributed by atoms with Gasteiger partial charge in [0.1, 0.15) is 5.75 Å². The van der Waals surface area contributed by atoms with Gasteiger partial charge in [-0.25, -0.2) is 0 Å². The van der Waals surface area contributed by atoms with Crippen molar-refractivity contribution in [3.8, 4) is 11.5 Å². The lowest BCUT2D eigenvalue weighted by Crippen LogP contribution is -2.10. The molecule has 0 unspecified atom stereocenters. The number of nitro benzene ring substituents is 1. The molecule has 0 amide bonds. The first-order valence-electron chi connectivity index (χ1n) is 5.98. The van der Waals surface area contributed by atoms with E-state index in [2.05, 4.69) is 0 Å². The minimum absolute atomic E-state index is 0.0406. The predicted octanol–water partition coefficient (Wildman–Crippen LogP) is 4.76. The van der Waals surface area contributed by atoms with E-state index < -0.39 is 4.92 Å². The number of nitrogens with zero attached hydrogens (tertiary/aromatic N) is 2. The molecular formula is C14H12Cl2N2O3. The third kappa shape index (κ3) is 3.37. The van der Waals surface area contributed by atoms with Crippen LogP contribution in [0.15, 0.2) is 36.4 Å². The summed E-state index contributed by atoms with van der Waals surface area (Å²) in [7, 11) is 3.60. The molecule has 2 aromatic rings. The van der Waals surface area contributed by atoms with Crippen molar-refractivity contribution in [2.45, 2.75) is 0 Å². The Kier molecular flexibility index (Phi) is 4.55. The first-order valence-corrected chi connectivity index (χ1v) is 6.73. The second kappa shape index (κ2) is 6.20. The summed E-state index contributed by atoms with van der Waals surface area (Å²) >= 11 is 11.9. The van der Waals surface area contributed by atoms with Crippen molar-refractivity contribution in [2.24, 2.45) is 0 Å². The Bertz CT molecular complexity index is 673. The Morgan fingerprint density at radius 2 is 1.71 bits per heavy atom. The van der Waals surface area contributed by atoms with E-state index in [0.717, 1.165) is 0 Å². The number of ether oxygens (including phenoxy) is 1. The molecule has 21 heavy (non-hydrogen) atoms. The molecule has 0 spiro atoms. The molecule has 2 rings (SSSR count). The van der Waals surface area contributed by atoms with Crippen molar-refractivity contribution in [2.75, 3.05) is 19.0 Å². The van der Waals surface area contributed by atoms with E-state index in [1.807, 2.05) is 0 Å². The fraction of sp³-hybridized carbons (Fsp3) is 0.143. The molecule has 0 aliphatic carbocycles. The summed E-state index contributed by atoms with van der Waals surface area (Å²) in [6.45, 7) is 0. The highest BCUT2D eigenvalue weighted by molar-refractivity contribution is 6.34. The Morgan fingerprint density at radius 1 is 1.10 bits per heavy atom. The smallest absolute Gasteiger partial charge is 0.291 e. The molecule has 0 fully saturated rings. The molecule has 0 radical (unpaired) electrons. The minimum Gasteiger partial charge on any atom is -0.453 e. The van der Waals surface area contributed by atoms with E-state index in [-0.39, 0.29) is 16.5 Å².